The number of likely N-dealkylation sites (tertiary alicyclic amines) is 1. The first-order valence-corrected chi connectivity index (χ1v) is 8.17. The minimum Gasteiger partial charge on any atom is -0.378 e. The average Bonchev–Trinajstić information content (AvgIpc) is 2.35. The Morgan fingerprint density at radius 2 is 1.61 bits per heavy atom. The zero-order chi connectivity index (χ0) is 17.4. The maximum atomic E-state index is 12.9. The van der Waals surface area contributed by atoms with Gasteiger partial charge in [-0.2, -0.15) is 0 Å². The second-order valence-corrected chi connectivity index (χ2v) is 8.00. The smallest absolute Gasteiger partial charge is 0.322 e. The fourth-order valence-corrected chi connectivity index (χ4v) is 3.93. The second-order valence-electron chi connectivity index (χ2n) is 8.00. The molecule has 3 N–H and O–H groups in total. The van der Waals surface area contributed by atoms with Crippen LogP contribution in [-0.2, 0) is 0 Å². The van der Waals surface area contributed by atoms with Gasteiger partial charge in [-0.3, -0.25) is 0 Å². The van der Waals surface area contributed by atoms with Crippen LogP contribution in [0.5, 0.6) is 0 Å². The quantitative estimate of drug-likeness (QED) is 0.880. The van der Waals surface area contributed by atoms with Gasteiger partial charge in [0.05, 0.1) is 0 Å². The Morgan fingerprint density at radius 3 is 2.04 bits per heavy atom. The first-order valence-electron chi connectivity index (χ1n) is 8.17. The molecule has 0 spiro atoms. The summed E-state index contributed by atoms with van der Waals surface area (Å²) < 4.78 is 0. The standard InChI is InChI=1S/C18H30N4O/c1-17(2)11-13(19)12-18(3,4)22(17)16(23)20-14-7-9-15(10-8-14)21(5)6/h7-10,13H,11-12,19H2,1-6H3,(H,20,23). The van der Waals surface area contributed by atoms with E-state index in [-0.39, 0.29) is 23.2 Å². The molecular weight excluding hydrogens is 288 g/mol. The van der Waals surface area contributed by atoms with Crippen molar-refractivity contribution in [1.82, 2.24) is 4.90 Å². The second kappa shape index (κ2) is 6.04. The van der Waals surface area contributed by atoms with Crippen molar-refractivity contribution in [3.63, 3.8) is 0 Å². The Morgan fingerprint density at radius 1 is 1.13 bits per heavy atom. The van der Waals surface area contributed by atoms with Crippen LogP contribution in [0.3, 0.4) is 0 Å². The molecule has 128 valence electrons. The molecule has 0 aromatic heterocycles. The van der Waals surface area contributed by atoms with Crippen molar-refractivity contribution in [2.45, 2.75) is 57.7 Å². The summed E-state index contributed by atoms with van der Waals surface area (Å²) in [4.78, 5) is 16.9. The van der Waals surface area contributed by atoms with Crippen LogP contribution in [0.2, 0.25) is 0 Å². The summed E-state index contributed by atoms with van der Waals surface area (Å²) in [7, 11) is 3.99. The number of carbonyl (C=O) groups is 1. The Hall–Kier alpha value is -1.75. The molecule has 2 amide bonds. The number of nitrogens with zero attached hydrogens (tertiary/aromatic N) is 2. The van der Waals surface area contributed by atoms with Crippen molar-refractivity contribution in [3.05, 3.63) is 24.3 Å². The van der Waals surface area contributed by atoms with Gasteiger partial charge in [0.25, 0.3) is 0 Å². The lowest BCUT2D eigenvalue weighted by atomic mass is 9.77. The fourth-order valence-electron chi connectivity index (χ4n) is 3.93. The minimum atomic E-state index is -0.269. The molecular formula is C18H30N4O. The first-order chi connectivity index (χ1) is 10.5. The number of hydrogen-bond acceptors (Lipinski definition) is 3. The summed E-state index contributed by atoms with van der Waals surface area (Å²) >= 11 is 0. The van der Waals surface area contributed by atoms with Crippen LogP contribution >= 0.6 is 0 Å². The number of amides is 2. The first kappa shape index (κ1) is 17.6. The summed E-state index contributed by atoms with van der Waals surface area (Å²) in [6.45, 7) is 8.34. The SMILES string of the molecule is CN(C)c1ccc(NC(=O)N2C(C)(C)CC(N)CC2(C)C)cc1. The van der Waals surface area contributed by atoms with Crippen molar-refractivity contribution >= 4 is 17.4 Å². The van der Waals surface area contributed by atoms with Crippen LogP contribution in [0.1, 0.15) is 40.5 Å². The summed E-state index contributed by atoms with van der Waals surface area (Å²) in [5.41, 5.74) is 7.56. The number of rotatable bonds is 2. The van der Waals surface area contributed by atoms with Gasteiger partial charge in [-0.15, -0.1) is 0 Å². The lowest BCUT2D eigenvalue weighted by molar-refractivity contribution is 0.00877. The van der Waals surface area contributed by atoms with Crippen molar-refractivity contribution in [2.75, 3.05) is 24.3 Å². The number of benzene rings is 1. The van der Waals surface area contributed by atoms with E-state index in [0.717, 1.165) is 24.2 Å². The van der Waals surface area contributed by atoms with E-state index in [1.54, 1.807) is 0 Å². The van der Waals surface area contributed by atoms with Crippen LogP contribution in [0.25, 0.3) is 0 Å². The molecule has 0 aliphatic carbocycles. The van der Waals surface area contributed by atoms with Crippen LogP contribution < -0.4 is 16.0 Å². The van der Waals surface area contributed by atoms with Crippen LogP contribution in [-0.4, -0.2) is 42.1 Å². The van der Waals surface area contributed by atoms with E-state index in [0.29, 0.717) is 0 Å². The zero-order valence-corrected chi connectivity index (χ0v) is 15.2. The molecule has 5 nitrogen and oxygen atoms in total. The summed E-state index contributed by atoms with van der Waals surface area (Å²) in [6, 6.07) is 7.93. The number of urea groups is 1. The van der Waals surface area contributed by atoms with Gasteiger partial charge < -0.3 is 20.9 Å². The normalized spacial score (nSPS) is 20.2. The number of anilines is 2. The minimum absolute atomic E-state index is 0.0653. The van der Waals surface area contributed by atoms with Crippen molar-refractivity contribution < 1.29 is 4.79 Å². The molecule has 23 heavy (non-hydrogen) atoms. The number of nitrogens with one attached hydrogen (secondary N) is 1. The highest BCUT2D eigenvalue weighted by Crippen LogP contribution is 2.38. The molecule has 1 saturated heterocycles. The van der Waals surface area contributed by atoms with Gasteiger partial charge >= 0.3 is 6.03 Å². The van der Waals surface area contributed by atoms with Gasteiger partial charge in [0.15, 0.2) is 0 Å². The predicted octanol–water partition coefficient (Wildman–Crippen LogP) is 3.26. The Bertz CT molecular complexity index is 545. The monoisotopic (exact) mass is 318 g/mol. The van der Waals surface area contributed by atoms with E-state index < -0.39 is 0 Å². The average molecular weight is 318 g/mol. The summed E-state index contributed by atoms with van der Waals surface area (Å²) in [5, 5.41) is 3.03. The van der Waals surface area contributed by atoms with Gasteiger partial charge in [-0.25, -0.2) is 4.79 Å². The Balaban J connectivity index is 2.18. The molecule has 1 aliphatic heterocycles. The summed E-state index contributed by atoms with van der Waals surface area (Å²) in [6.07, 6.45) is 1.62. The van der Waals surface area contributed by atoms with Crippen LogP contribution in [0, 0.1) is 0 Å². The van der Waals surface area contributed by atoms with Crippen molar-refractivity contribution in [3.8, 4) is 0 Å². The molecule has 1 fully saturated rings. The Kier molecular flexibility index (Phi) is 4.62. The van der Waals surface area contributed by atoms with Gasteiger partial charge in [-0.05, 0) is 64.8 Å². The van der Waals surface area contributed by atoms with E-state index in [1.165, 1.54) is 0 Å². The molecule has 1 aromatic rings. The molecule has 1 aliphatic rings. The van der Waals surface area contributed by atoms with Gasteiger partial charge in [0.1, 0.15) is 0 Å². The van der Waals surface area contributed by atoms with Gasteiger partial charge in [0, 0.05) is 42.6 Å². The number of piperidine rings is 1. The van der Waals surface area contributed by atoms with Gasteiger partial charge in [0.2, 0.25) is 0 Å². The Labute approximate surface area is 139 Å². The molecule has 0 bridgehead atoms. The molecule has 0 atom stereocenters. The number of hydrogen-bond donors (Lipinski definition) is 2. The van der Waals surface area contributed by atoms with E-state index in [2.05, 4.69) is 33.0 Å². The lowest BCUT2D eigenvalue weighted by Crippen LogP contribution is -2.66. The highest BCUT2D eigenvalue weighted by atomic mass is 16.2. The molecule has 0 unspecified atom stereocenters. The third-order valence-corrected chi connectivity index (χ3v) is 4.57. The number of carbonyl (C=O) groups excluding carboxylic acids is 1. The largest absolute Gasteiger partial charge is 0.378 e. The maximum absolute atomic E-state index is 12.9. The molecule has 5 heteroatoms. The highest BCUT2D eigenvalue weighted by Gasteiger charge is 2.46. The molecule has 0 radical (unpaired) electrons. The third-order valence-electron chi connectivity index (χ3n) is 4.57. The van der Waals surface area contributed by atoms with E-state index >= 15 is 0 Å². The highest BCUT2D eigenvalue weighted by molar-refractivity contribution is 5.90. The maximum Gasteiger partial charge on any atom is 0.322 e. The van der Waals surface area contributed by atoms with Crippen molar-refractivity contribution in [2.24, 2.45) is 5.73 Å². The van der Waals surface area contributed by atoms with Crippen LogP contribution in [0.4, 0.5) is 16.2 Å². The predicted molar refractivity (Wildman–Crippen MR) is 97.0 cm³/mol. The fraction of sp³-hybridized carbons (Fsp3) is 0.611. The summed E-state index contributed by atoms with van der Waals surface area (Å²) in [5.74, 6) is 0. The van der Waals surface area contributed by atoms with E-state index in [9.17, 15) is 4.79 Å². The van der Waals surface area contributed by atoms with Crippen molar-refractivity contribution in [1.29, 1.82) is 0 Å². The van der Waals surface area contributed by atoms with Crippen LogP contribution in [0.15, 0.2) is 24.3 Å². The zero-order valence-electron chi connectivity index (χ0n) is 15.2. The van der Waals surface area contributed by atoms with E-state index in [1.807, 2.05) is 48.2 Å². The third kappa shape index (κ3) is 3.78. The molecule has 1 aromatic carbocycles. The number of nitrogens with two attached hydrogens (primary N) is 1. The molecule has 2 rings (SSSR count). The lowest BCUT2D eigenvalue weighted by Gasteiger charge is -2.54. The van der Waals surface area contributed by atoms with Gasteiger partial charge in [-0.1, -0.05) is 0 Å². The molecule has 1 heterocycles. The van der Waals surface area contributed by atoms with E-state index in [4.69, 9.17) is 5.73 Å². The topological polar surface area (TPSA) is 61.6 Å². The molecule has 0 saturated carbocycles.